The maximum atomic E-state index is 14.9. The summed E-state index contributed by atoms with van der Waals surface area (Å²) in [5, 5.41) is 11.3. The first-order valence-corrected chi connectivity index (χ1v) is 16.6. The molecule has 3 heterocycles. The Morgan fingerprint density at radius 1 is 1.05 bits per heavy atom. The van der Waals surface area contributed by atoms with E-state index in [1.165, 1.54) is 0 Å². The lowest BCUT2D eigenvalue weighted by atomic mass is 9.66. The molecule has 3 aliphatic heterocycles. The van der Waals surface area contributed by atoms with Crippen LogP contribution < -0.4 is 9.80 Å². The number of fused-ring (bicyclic) bond motifs is 1. The first kappa shape index (κ1) is 32.3. The fourth-order valence-corrected chi connectivity index (χ4v) is 10.1. The van der Waals surface area contributed by atoms with E-state index in [1.54, 1.807) is 62.9 Å². The summed E-state index contributed by atoms with van der Waals surface area (Å²) in [6.07, 6.45) is 5.40. The maximum absolute atomic E-state index is 14.9. The summed E-state index contributed by atoms with van der Waals surface area (Å²) < 4.78 is -1.36. The molecule has 2 bridgehead atoms. The predicted octanol–water partition coefficient (Wildman–Crippen LogP) is 5.97. The molecule has 0 saturated carbocycles. The molecule has 1 spiro atoms. The number of halogens is 1. The van der Waals surface area contributed by atoms with Crippen LogP contribution in [0.3, 0.4) is 0 Å². The van der Waals surface area contributed by atoms with Crippen LogP contribution in [0.25, 0.3) is 0 Å². The Morgan fingerprint density at radius 3 is 2.20 bits per heavy atom. The molecule has 7 nitrogen and oxygen atoms in total. The van der Waals surface area contributed by atoms with Gasteiger partial charge in [0.2, 0.25) is 11.8 Å². The van der Waals surface area contributed by atoms with Gasteiger partial charge in [-0.2, -0.15) is 0 Å². The Labute approximate surface area is 269 Å². The number of anilines is 2. The normalized spacial score (nSPS) is 28.3. The summed E-state index contributed by atoms with van der Waals surface area (Å²) in [5.41, 5.74) is 1.39. The van der Waals surface area contributed by atoms with Gasteiger partial charge in [-0.25, -0.2) is 0 Å². The van der Waals surface area contributed by atoms with Gasteiger partial charge < -0.3 is 19.8 Å². The van der Waals surface area contributed by atoms with Crippen LogP contribution in [-0.2, 0) is 14.4 Å². The maximum Gasteiger partial charge on any atom is 0.251 e. The van der Waals surface area contributed by atoms with Crippen molar-refractivity contribution in [1.29, 1.82) is 0 Å². The van der Waals surface area contributed by atoms with E-state index in [1.807, 2.05) is 44.2 Å². The highest BCUT2D eigenvalue weighted by Crippen LogP contribution is 2.72. The number of para-hydroxylation sites is 1. The van der Waals surface area contributed by atoms with Crippen molar-refractivity contribution in [2.45, 2.75) is 61.6 Å². The van der Waals surface area contributed by atoms with E-state index < -0.39 is 33.4 Å². The third-order valence-corrected chi connectivity index (χ3v) is 12.2. The van der Waals surface area contributed by atoms with Crippen molar-refractivity contribution < 1.29 is 19.5 Å². The van der Waals surface area contributed by atoms with E-state index in [0.29, 0.717) is 30.1 Å². The van der Waals surface area contributed by atoms with Gasteiger partial charge >= 0.3 is 0 Å². The number of carbonyl (C=O) groups excluding carboxylic acids is 3. The second kappa shape index (κ2) is 12.7. The molecule has 1 N–H and O–H groups in total. The number of benzene rings is 2. The molecule has 2 unspecified atom stereocenters. The van der Waals surface area contributed by atoms with Crippen LogP contribution in [0.4, 0.5) is 11.4 Å². The van der Waals surface area contributed by atoms with E-state index in [-0.39, 0.29) is 36.8 Å². The Kier molecular flexibility index (Phi) is 9.36. The molecule has 9 heteroatoms. The topological polar surface area (TPSA) is 81.2 Å². The minimum Gasteiger partial charge on any atom is -0.394 e. The van der Waals surface area contributed by atoms with E-state index in [4.69, 9.17) is 11.6 Å². The van der Waals surface area contributed by atoms with Crippen LogP contribution in [0.2, 0.25) is 5.02 Å². The monoisotopic (exact) mass is 635 g/mol. The first-order valence-electron chi connectivity index (χ1n) is 15.4. The SMILES string of the molecule is C=CCN(C(=O)C1N([C@@H](CO)[C@@H](C)CC)C(=O)[C@@H]2[C@H](C(=O)N(CC=C)c3ccccc3)[C@]3(C)CCC12S3)c1ccc(Cl)cc1. The lowest BCUT2D eigenvalue weighted by Gasteiger charge is -2.41. The summed E-state index contributed by atoms with van der Waals surface area (Å²) in [6.45, 7) is 14.1. The number of carbonyl (C=O) groups is 3. The molecular formula is C35H42ClN3O4S. The smallest absolute Gasteiger partial charge is 0.251 e. The van der Waals surface area contributed by atoms with Crippen molar-refractivity contribution in [1.82, 2.24) is 4.90 Å². The molecule has 0 aromatic heterocycles. The number of hydrogen-bond donors (Lipinski definition) is 1. The van der Waals surface area contributed by atoms with Gasteiger partial charge in [0, 0.05) is 34.2 Å². The van der Waals surface area contributed by atoms with Crippen molar-refractivity contribution >= 4 is 52.5 Å². The first-order chi connectivity index (χ1) is 21.1. The summed E-state index contributed by atoms with van der Waals surface area (Å²) in [6, 6.07) is 15.1. The highest BCUT2D eigenvalue weighted by molar-refractivity contribution is 8.02. The Hall–Kier alpha value is -3.07. The lowest BCUT2D eigenvalue weighted by Crippen LogP contribution is -2.58. The van der Waals surface area contributed by atoms with Crippen molar-refractivity contribution in [3.8, 4) is 0 Å². The zero-order chi connectivity index (χ0) is 31.8. The van der Waals surface area contributed by atoms with Gasteiger partial charge in [-0.05, 0) is 62.1 Å². The molecule has 3 amide bonds. The molecule has 7 atom stereocenters. The van der Waals surface area contributed by atoms with Crippen molar-refractivity contribution in [2.75, 3.05) is 29.5 Å². The van der Waals surface area contributed by atoms with Gasteiger partial charge in [0.25, 0.3) is 5.91 Å². The fraction of sp³-hybridized carbons (Fsp3) is 0.457. The summed E-state index contributed by atoms with van der Waals surface area (Å²) in [7, 11) is 0. The number of rotatable bonds is 12. The highest BCUT2D eigenvalue weighted by atomic mass is 35.5. The molecule has 234 valence electrons. The van der Waals surface area contributed by atoms with E-state index in [0.717, 1.165) is 12.1 Å². The fourth-order valence-electron chi connectivity index (χ4n) is 7.64. The predicted molar refractivity (Wildman–Crippen MR) is 179 cm³/mol. The molecule has 0 radical (unpaired) electrons. The summed E-state index contributed by atoms with van der Waals surface area (Å²) in [4.78, 5) is 49.4. The van der Waals surface area contributed by atoms with Gasteiger partial charge in [-0.1, -0.05) is 62.2 Å². The summed E-state index contributed by atoms with van der Waals surface area (Å²) >= 11 is 7.81. The highest BCUT2D eigenvalue weighted by Gasteiger charge is 2.78. The zero-order valence-electron chi connectivity index (χ0n) is 25.7. The van der Waals surface area contributed by atoms with Crippen LogP contribution in [0.5, 0.6) is 0 Å². The minimum absolute atomic E-state index is 0.0635. The van der Waals surface area contributed by atoms with E-state index in [9.17, 15) is 19.5 Å². The average Bonchev–Trinajstić information content (AvgIpc) is 3.60. The van der Waals surface area contributed by atoms with Crippen LogP contribution in [0.1, 0.15) is 40.0 Å². The Bertz CT molecular complexity index is 1420. The Balaban J connectivity index is 1.65. The summed E-state index contributed by atoms with van der Waals surface area (Å²) in [5.74, 6) is -2.01. The van der Waals surface area contributed by atoms with Crippen LogP contribution in [-0.4, -0.2) is 69.0 Å². The largest absolute Gasteiger partial charge is 0.394 e. The average molecular weight is 636 g/mol. The standard InChI is InChI=1S/C35H42ClN3O4S/c1-6-20-37(25-12-10-9-11-13-25)31(41)28-29-32(42)39(27(22-40)23(4)8-3)30(35(29)19-18-34(28,5)44-35)33(43)38(21-7-2)26-16-14-24(36)15-17-26/h6-7,9-17,23,27-30,40H,1-2,8,18-22H2,3-5H3/t23-,27-,28+,29-,30?,34-,35?/m0/s1. The quantitative estimate of drug-likeness (QED) is 0.291. The number of aliphatic hydroxyl groups is 1. The molecule has 3 aliphatic rings. The Morgan fingerprint density at radius 2 is 1.64 bits per heavy atom. The van der Waals surface area contributed by atoms with Crippen LogP contribution >= 0.6 is 23.4 Å². The second-order valence-corrected chi connectivity index (χ2v) is 14.7. The molecule has 44 heavy (non-hydrogen) atoms. The molecule has 3 saturated heterocycles. The van der Waals surface area contributed by atoms with Gasteiger partial charge in [-0.15, -0.1) is 24.9 Å². The van der Waals surface area contributed by atoms with E-state index in [2.05, 4.69) is 20.1 Å². The van der Waals surface area contributed by atoms with Crippen molar-refractivity contribution in [2.24, 2.45) is 17.8 Å². The van der Waals surface area contributed by atoms with E-state index >= 15 is 0 Å². The molecular weight excluding hydrogens is 594 g/mol. The third kappa shape index (κ3) is 5.19. The van der Waals surface area contributed by atoms with Crippen molar-refractivity contribution in [3.05, 3.63) is 84.9 Å². The van der Waals surface area contributed by atoms with Crippen LogP contribution in [0, 0.1) is 17.8 Å². The number of nitrogens with zero attached hydrogens (tertiary/aromatic N) is 3. The van der Waals surface area contributed by atoms with Gasteiger partial charge in [0.05, 0.1) is 29.2 Å². The van der Waals surface area contributed by atoms with Crippen LogP contribution in [0.15, 0.2) is 79.9 Å². The molecule has 2 aromatic carbocycles. The molecule has 2 aromatic rings. The number of thioether (sulfide) groups is 1. The lowest BCUT2D eigenvalue weighted by molar-refractivity contribution is -0.143. The second-order valence-electron chi connectivity index (χ2n) is 12.4. The van der Waals surface area contributed by atoms with Gasteiger partial charge in [0.15, 0.2) is 0 Å². The number of aliphatic hydroxyl groups excluding tert-OH is 1. The molecule has 3 fully saturated rings. The number of amides is 3. The van der Waals surface area contributed by atoms with Crippen molar-refractivity contribution in [3.63, 3.8) is 0 Å². The number of hydrogen-bond acceptors (Lipinski definition) is 5. The van der Waals surface area contributed by atoms with Gasteiger partial charge in [-0.3, -0.25) is 14.4 Å². The number of likely N-dealkylation sites (tertiary alicyclic amines) is 1. The molecule has 5 rings (SSSR count). The minimum atomic E-state index is -0.865. The third-order valence-electron chi connectivity index (χ3n) is 9.92. The molecule has 0 aliphatic carbocycles. The zero-order valence-corrected chi connectivity index (χ0v) is 27.3. The van der Waals surface area contributed by atoms with Gasteiger partial charge in [0.1, 0.15) is 6.04 Å².